The number of halogens is 1. The summed E-state index contributed by atoms with van der Waals surface area (Å²) < 4.78 is 26.1. The van der Waals surface area contributed by atoms with Gasteiger partial charge in [0.2, 0.25) is 0 Å². The zero-order valence-corrected chi connectivity index (χ0v) is 12.6. The van der Waals surface area contributed by atoms with Gasteiger partial charge in [0.15, 0.2) is 0 Å². The molecule has 0 radical (unpaired) electrons. The molecule has 0 bridgehead atoms. The van der Waals surface area contributed by atoms with Crippen LogP contribution in [0.15, 0.2) is 20.1 Å². The van der Waals surface area contributed by atoms with Gasteiger partial charge in [0, 0.05) is 10.9 Å². The molecule has 1 atom stereocenters. The van der Waals surface area contributed by atoms with Crippen LogP contribution in [0, 0.1) is 0 Å². The van der Waals surface area contributed by atoms with Gasteiger partial charge in [-0.2, -0.15) is 4.72 Å². The maximum atomic E-state index is 11.9. The van der Waals surface area contributed by atoms with Crippen molar-refractivity contribution in [3.05, 3.63) is 15.9 Å². The summed E-state index contributed by atoms with van der Waals surface area (Å²) in [5, 5.41) is 18.9. The van der Waals surface area contributed by atoms with Gasteiger partial charge in [-0.05, 0) is 33.8 Å². The van der Waals surface area contributed by atoms with E-state index in [4.69, 9.17) is 10.2 Å². The molecule has 106 valence electrons. The minimum Gasteiger partial charge on any atom is -0.481 e. The number of hydrogen-bond acceptors (Lipinski definition) is 5. The van der Waals surface area contributed by atoms with Gasteiger partial charge in [-0.25, -0.2) is 8.42 Å². The van der Waals surface area contributed by atoms with E-state index < -0.39 is 34.4 Å². The number of carbonyl (C=O) groups is 2. The van der Waals surface area contributed by atoms with Crippen LogP contribution in [0.25, 0.3) is 0 Å². The summed E-state index contributed by atoms with van der Waals surface area (Å²) in [4.78, 5) is 21.3. The van der Waals surface area contributed by atoms with E-state index in [0.717, 1.165) is 11.3 Å². The van der Waals surface area contributed by atoms with Gasteiger partial charge < -0.3 is 10.2 Å². The standard InChI is InChI=1S/C9H10BrNO6S2/c10-5-3-4-18-9(5)19(16,17)11-6(8(14)15)1-2-7(12)13/h3-4,6,11H,1-2H2,(H,12,13)(H,14,15). The number of aliphatic carboxylic acids is 2. The van der Waals surface area contributed by atoms with Crippen LogP contribution in [-0.2, 0) is 19.6 Å². The first-order valence-corrected chi connectivity index (χ1v) is 8.09. The second-order valence-corrected chi connectivity index (χ2v) is 7.18. The van der Waals surface area contributed by atoms with Crippen LogP contribution in [0.5, 0.6) is 0 Å². The van der Waals surface area contributed by atoms with Crippen molar-refractivity contribution in [1.82, 2.24) is 4.72 Å². The molecule has 1 heterocycles. The number of nitrogens with one attached hydrogen (secondary N) is 1. The fourth-order valence-electron chi connectivity index (χ4n) is 1.21. The van der Waals surface area contributed by atoms with Crippen LogP contribution < -0.4 is 4.72 Å². The van der Waals surface area contributed by atoms with E-state index in [-0.39, 0.29) is 10.6 Å². The summed E-state index contributed by atoms with van der Waals surface area (Å²) in [7, 11) is -3.99. The Morgan fingerprint density at radius 2 is 2.05 bits per heavy atom. The van der Waals surface area contributed by atoms with E-state index in [1.165, 1.54) is 11.4 Å². The van der Waals surface area contributed by atoms with Crippen LogP contribution >= 0.6 is 27.3 Å². The number of hydrogen-bond donors (Lipinski definition) is 3. The largest absolute Gasteiger partial charge is 0.481 e. The van der Waals surface area contributed by atoms with Crippen LogP contribution in [-0.4, -0.2) is 36.6 Å². The Morgan fingerprint density at radius 1 is 1.42 bits per heavy atom. The maximum Gasteiger partial charge on any atom is 0.321 e. The molecule has 1 unspecified atom stereocenters. The summed E-state index contributed by atoms with van der Waals surface area (Å²) in [5.41, 5.74) is 0. The van der Waals surface area contributed by atoms with Crippen molar-refractivity contribution in [2.24, 2.45) is 0 Å². The van der Waals surface area contributed by atoms with Gasteiger partial charge in [0.1, 0.15) is 10.3 Å². The van der Waals surface area contributed by atoms with E-state index in [1.54, 1.807) is 0 Å². The lowest BCUT2D eigenvalue weighted by Crippen LogP contribution is -2.40. The SMILES string of the molecule is O=C(O)CCC(NS(=O)(=O)c1sccc1Br)C(=O)O. The Morgan fingerprint density at radius 3 is 2.47 bits per heavy atom. The third-order valence-corrected chi connectivity index (χ3v) is 6.21. The molecule has 10 heteroatoms. The molecule has 19 heavy (non-hydrogen) atoms. The summed E-state index contributed by atoms with van der Waals surface area (Å²) in [6.07, 6.45) is -0.766. The molecular weight excluding hydrogens is 362 g/mol. The molecule has 0 aliphatic carbocycles. The Hall–Kier alpha value is -0.970. The highest BCUT2D eigenvalue weighted by Gasteiger charge is 2.27. The lowest BCUT2D eigenvalue weighted by atomic mass is 10.2. The minimum atomic E-state index is -3.99. The summed E-state index contributed by atoms with van der Waals surface area (Å²) in [6, 6.07) is 0.0433. The second-order valence-electron chi connectivity index (χ2n) is 3.50. The summed E-state index contributed by atoms with van der Waals surface area (Å²) in [6.45, 7) is 0. The molecule has 0 aromatic carbocycles. The molecule has 7 nitrogen and oxygen atoms in total. The van der Waals surface area contributed by atoms with Crippen molar-refractivity contribution in [3.63, 3.8) is 0 Å². The number of sulfonamides is 1. The lowest BCUT2D eigenvalue weighted by Gasteiger charge is -2.13. The highest BCUT2D eigenvalue weighted by Crippen LogP contribution is 2.27. The van der Waals surface area contributed by atoms with Gasteiger partial charge in [-0.1, -0.05) is 0 Å². The van der Waals surface area contributed by atoms with Crippen LogP contribution in [0.1, 0.15) is 12.8 Å². The highest BCUT2D eigenvalue weighted by atomic mass is 79.9. The van der Waals surface area contributed by atoms with E-state index in [9.17, 15) is 18.0 Å². The topological polar surface area (TPSA) is 121 Å². The molecule has 0 saturated heterocycles. The normalized spacial score (nSPS) is 13.1. The average molecular weight is 372 g/mol. The van der Waals surface area contributed by atoms with Crippen LogP contribution in [0.4, 0.5) is 0 Å². The summed E-state index contributed by atoms with van der Waals surface area (Å²) >= 11 is 3.97. The quantitative estimate of drug-likeness (QED) is 0.659. The highest BCUT2D eigenvalue weighted by molar-refractivity contribution is 9.10. The molecule has 0 spiro atoms. The number of rotatable bonds is 7. The van der Waals surface area contributed by atoms with Gasteiger partial charge in [0.05, 0.1) is 0 Å². The fourth-order valence-corrected chi connectivity index (χ4v) is 4.79. The van der Waals surface area contributed by atoms with Gasteiger partial charge in [0.25, 0.3) is 10.0 Å². The molecule has 0 aliphatic rings. The van der Waals surface area contributed by atoms with Crippen molar-refractivity contribution in [3.8, 4) is 0 Å². The van der Waals surface area contributed by atoms with E-state index in [1.807, 2.05) is 4.72 Å². The Balaban J connectivity index is 2.87. The van der Waals surface area contributed by atoms with E-state index in [0.29, 0.717) is 4.47 Å². The molecule has 0 amide bonds. The minimum absolute atomic E-state index is 0.0472. The van der Waals surface area contributed by atoms with Gasteiger partial charge in [-0.15, -0.1) is 11.3 Å². The molecular formula is C9H10BrNO6S2. The van der Waals surface area contributed by atoms with E-state index in [2.05, 4.69) is 15.9 Å². The van der Waals surface area contributed by atoms with E-state index >= 15 is 0 Å². The molecule has 0 saturated carbocycles. The fraction of sp³-hybridized carbons (Fsp3) is 0.333. The van der Waals surface area contributed by atoms with Crippen LogP contribution in [0.3, 0.4) is 0 Å². The van der Waals surface area contributed by atoms with Crippen LogP contribution in [0.2, 0.25) is 0 Å². The van der Waals surface area contributed by atoms with Gasteiger partial charge >= 0.3 is 11.9 Å². The number of carboxylic acids is 2. The second kappa shape index (κ2) is 6.46. The van der Waals surface area contributed by atoms with Crippen molar-refractivity contribution in [1.29, 1.82) is 0 Å². The Kier molecular flexibility index (Phi) is 5.47. The predicted octanol–water partition coefficient (Wildman–Crippen LogP) is 1.11. The predicted molar refractivity (Wildman–Crippen MR) is 70.6 cm³/mol. The molecule has 1 rings (SSSR count). The number of thiophene rings is 1. The molecule has 0 aliphatic heterocycles. The van der Waals surface area contributed by atoms with Crippen molar-refractivity contribution in [2.75, 3.05) is 0 Å². The monoisotopic (exact) mass is 371 g/mol. The first-order valence-electron chi connectivity index (χ1n) is 4.94. The zero-order valence-electron chi connectivity index (χ0n) is 9.37. The zero-order chi connectivity index (χ0) is 14.6. The smallest absolute Gasteiger partial charge is 0.321 e. The first kappa shape index (κ1) is 16.1. The summed E-state index contributed by atoms with van der Waals surface area (Å²) in [5.74, 6) is -2.61. The van der Waals surface area contributed by atoms with Crippen molar-refractivity contribution >= 4 is 49.2 Å². The number of carboxylic acid groups (broad SMARTS) is 2. The molecule has 0 fully saturated rings. The Labute approximate surface area is 121 Å². The third-order valence-electron chi connectivity index (χ3n) is 2.07. The molecule has 3 N–H and O–H groups in total. The van der Waals surface area contributed by atoms with Gasteiger partial charge in [-0.3, -0.25) is 9.59 Å². The Bertz CT molecular complexity index is 581. The third kappa shape index (κ3) is 4.56. The first-order chi connectivity index (χ1) is 8.74. The van der Waals surface area contributed by atoms with Crippen molar-refractivity contribution < 1.29 is 28.2 Å². The average Bonchev–Trinajstić information content (AvgIpc) is 2.70. The molecule has 1 aromatic rings. The molecule has 1 aromatic heterocycles. The van der Waals surface area contributed by atoms with Crippen molar-refractivity contribution in [2.45, 2.75) is 23.1 Å². The lowest BCUT2D eigenvalue weighted by molar-refractivity contribution is -0.140. The maximum absolute atomic E-state index is 11.9.